The highest BCUT2D eigenvalue weighted by atomic mass is 32.2. The Morgan fingerprint density at radius 3 is 1.68 bits per heavy atom. The van der Waals surface area contributed by atoms with Crippen LogP contribution < -0.4 is 14.2 Å². The lowest BCUT2D eigenvalue weighted by atomic mass is 10.2. The first-order chi connectivity index (χ1) is 15.1. The third-order valence-corrected chi connectivity index (χ3v) is 4.66. The summed E-state index contributed by atoms with van der Waals surface area (Å²) in [5, 5.41) is 10.6. The normalized spacial score (nSPS) is 10.1. The predicted octanol–water partition coefficient (Wildman–Crippen LogP) is 5.49. The van der Waals surface area contributed by atoms with E-state index >= 15 is 0 Å². The molecule has 3 rings (SSSR count). The van der Waals surface area contributed by atoms with Crippen LogP contribution in [0.1, 0.15) is 34.1 Å². The Morgan fingerprint density at radius 1 is 0.774 bits per heavy atom. The lowest BCUT2D eigenvalue weighted by Gasteiger charge is -2.08. The molecule has 0 amide bonds. The van der Waals surface area contributed by atoms with Crippen molar-refractivity contribution in [3.05, 3.63) is 83.9 Å². The van der Waals surface area contributed by atoms with Crippen LogP contribution in [0.5, 0.6) is 17.2 Å². The minimum atomic E-state index is -0.541. The molecule has 0 unspecified atom stereocenters. The first-order valence-corrected chi connectivity index (χ1v) is 10.3. The SMILES string of the molecule is CCCOc1ccc(C(=O)Oc2ccc(C(=O)Oc3ccc(SC#N)cc3)cc2)cc1. The molecule has 0 saturated carbocycles. The largest absolute Gasteiger partial charge is 0.494 e. The highest BCUT2D eigenvalue weighted by Crippen LogP contribution is 2.22. The Morgan fingerprint density at radius 2 is 1.23 bits per heavy atom. The molecule has 0 radical (unpaired) electrons. The van der Waals surface area contributed by atoms with Gasteiger partial charge in [-0.25, -0.2) is 9.59 Å². The predicted molar refractivity (Wildman–Crippen MR) is 116 cm³/mol. The number of nitriles is 1. The highest BCUT2D eigenvalue weighted by molar-refractivity contribution is 8.03. The van der Waals surface area contributed by atoms with Gasteiger partial charge in [-0.05, 0) is 91.0 Å². The van der Waals surface area contributed by atoms with Gasteiger partial charge in [0.05, 0.1) is 17.7 Å². The summed E-state index contributed by atoms with van der Waals surface area (Å²) in [6.07, 6.45) is 0.904. The lowest BCUT2D eigenvalue weighted by Crippen LogP contribution is -2.10. The third kappa shape index (κ3) is 6.36. The molecule has 0 aromatic heterocycles. The van der Waals surface area contributed by atoms with E-state index in [4.69, 9.17) is 19.5 Å². The molecule has 0 aliphatic rings. The molecule has 0 fully saturated rings. The zero-order valence-corrected chi connectivity index (χ0v) is 17.6. The van der Waals surface area contributed by atoms with E-state index in [9.17, 15) is 9.59 Å². The molecular formula is C24H19NO5S. The minimum absolute atomic E-state index is 0.311. The maximum atomic E-state index is 12.3. The minimum Gasteiger partial charge on any atom is -0.494 e. The van der Waals surface area contributed by atoms with Crippen LogP contribution in [0.4, 0.5) is 0 Å². The monoisotopic (exact) mass is 433 g/mol. The number of hydrogen-bond acceptors (Lipinski definition) is 7. The zero-order valence-electron chi connectivity index (χ0n) is 16.7. The van der Waals surface area contributed by atoms with E-state index in [-0.39, 0.29) is 0 Å². The van der Waals surface area contributed by atoms with Crippen molar-refractivity contribution >= 4 is 23.7 Å². The number of thiocyanates is 1. The van der Waals surface area contributed by atoms with E-state index in [1.54, 1.807) is 48.5 Å². The smallest absolute Gasteiger partial charge is 0.343 e. The van der Waals surface area contributed by atoms with Crippen molar-refractivity contribution in [3.8, 4) is 22.6 Å². The number of hydrogen-bond donors (Lipinski definition) is 0. The van der Waals surface area contributed by atoms with Crippen LogP contribution in [0.3, 0.4) is 0 Å². The van der Waals surface area contributed by atoms with Crippen molar-refractivity contribution in [1.29, 1.82) is 5.26 Å². The van der Waals surface area contributed by atoms with Gasteiger partial charge >= 0.3 is 11.9 Å². The highest BCUT2D eigenvalue weighted by Gasteiger charge is 2.12. The van der Waals surface area contributed by atoms with Gasteiger partial charge in [-0.3, -0.25) is 0 Å². The first kappa shape index (κ1) is 21.9. The van der Waals surface area contributed by atoms with Crippen LogP contribution in [0.15, 0.2) is 77.7 Å². The van der Waals surface area contributed by atoms with Gasteiger partial charge < -0.3 is 14.2 Å². The molecule has 6 nitrogen and oxygen atoms in total. The van der Waals surface area contributed by atoms with Crippen molar-refractivity contribution in [2.24, 2.45) is 0 Å². The maximum Gasteiger partial charge on any atom is 0.343 e. The van der Waals surface area contributed by atoms with Crippen molar-refractivity contribution < 1.29 is 23.8 Å². The van der Waals surface area contributed by atoms with E-state index in [1.165, 1.54) is 24.3 Å². The van der Waals surface area contributed by atoms with Crippen LogP contribution in [-0.4, -0.2) is 18.5 Å². The summed E-state index contributed by atoms with van der Waals surface area (Å²) in [5.41, 5.74) is 0.707. The van der Waals surface area contributed by atoms with Crippen molar-refractivity contribution in [3.63, 3.8) is 0 Å². The molecule has 0 aliphatic heterocycles. The molecule has 3 aromatic carbocycles. The van der Waals surface area contributed by atoms with Crippen molar-refractivity contribution in [2.75, 3.05) is 6.61 Å². The van der Waals surface area contributed by atoms with Crippen LogP contribution >= 0.6 is 11.8 Å². The third-order valence-electron chi connectivity index (χ3n) is 4.06. The van der Waals surface area contributed by atoms with Crippen LogP contribution in [0, 0.1) is 10.7 Å². The molecule has 0 N–H and O–H groups in total. The standard InChI is InChI=1S/C24H19NO5S/c1-2-15-28-19-7-3-17(4-8-19)23(26)29-20-9-5-18(6-10-20)24(27)30-21-11-13-22(14-12-21)31-16-25/h3-14H,2,15H2,1H3. The molecule has 0 aliphatic carbocycles. The molecule has 156 valence electrons. The Balaban J connectivity index is 1.57. The summed E-state index contributed by atoms with van der Waals surface area (Å²) in [5.74, 6) is 0.327. The fraction of sp³-hybridized carbons (Fsp3) is 0.125. The fourth-order valence-corrected chi connectivity index (χ4v) is 2.90. The number of benzene rings is 3. The summed E-state index contributed by atoms with van der Waals surface area (Å²) in [6.45, 7) is 2.63. The topological polar surface area (TPSA) is 85.6 Å². The number of thioether (sulfide) groups is 1. The van der Waals surface area contributed by atoms with Crippen LogP contribution in [0.25, 0.3) is 0 Å². The number of esters is 2. The molecule has 7 heteroatoms. The summed E-state index contributed by atoms with van der Waals surface area (Å²) < 4.78 is 16.2. The molecule has 0 heterocycles. The van der Waals surface area contributed by atoms with Gasteiger partial charge in [0.25, 0.3) is 0 Å². The number of rotatable bonds is 8. The Hall–Kier alpha value is -3.76. The molecule has 0 spiro atoms. The van der Waals surface area contributed by atoms with Crippen molar-refractivity contribution in [1.82, 2.24) is 0 Å². The maximum absolute atomic E-state index is 12.3. The Bertz CT molecular complexity index is 1070. The van der Waals surface area contributed by atoms with E-state index in [2.05, 4.69) is 0 Å². The lowest BCUT2D eigenvalue weighted by molar-refractivity contribution is 0.0730. The van der Waals surface area contributed by atoms with Gasteiger partial charge in [0.1, 0.15) is 22.6 Å². The molecule has 0 saturated heterocycles. The van der Waals surface area contributed by atoms with Gasteiger partial charge in [-0.15, -0.1) is 0 Å². The second-order valence-corrected chi connectivity index (χ2v) is 7.20. The molecule has 0 atom stereocenters. The van der Waals surface area contributed by atoms with Gasteiger partial charge in [0, 0.05) is 4.90 Å². The second-order valence-electron chi connectivity index (χ2n) is 6.34. The molecule has 31 heavy (non-hydrogen) atoms. The van der Waals surface area contributed by atoms with Gasteiger partial charge in [-0.2, -0.15) is 5.26 Å². The second kappa shape index (κ2) is 10.9. The average Bonchev–Trinajstić information content (AvgIpc) is 2.80. The molecule has 0 bridgehead atoms. The Kier molecular flexibility index (Phi) is 7.68. The van der Waals surface area contributed by atoms with E-state index in [0.29, 0.717) is 35.0 Å². The summed E-state index contributed by atoms with van der Waals surface area (Å²) in [4.78, 5) is 25.3. The summed E-state index contributed by atoms with van der Waals surface area (Å²) in [7, 11) is 0. The Labute approximate surface area is 184 Å². The number of carbonyl (C=O) groups is 2. The van der Waals surface area contributed by atoms with Crippen LogP contribution in [-0.2, 0) is 0 Å². The van der Waals surface area contributed by atoms with Gasteiger partial charge in [-0.1, -0.05) is 6.92 Å². The number of nitrogens with zero attached hydrogens (tertiary/aromatic N) is 1. The number of ether oxygens (including phenoxy) is 3. The number of carbonyl (C=O) groups excluding carboxylic acids is 2. The quantitative estimate of drug-likeness (QED) is 0.201. The average molecular weight is 433 g/mol. The molecule has 3 aromatic rings. The van der Waals surface area contributed by atoms with Gasteiger partial charge in [0.2, 0.25) is 0 Å². The van der Waals surface area contributed by atoms with E-state index < -0.39 is 11.9 Å². The van der Waals surface area contributed by atoms with Crippen LogP contribution in [0.2, 0.25) is 0 Å². The zero-order chi connectivity index (χ0) is 22.1. The molecular weight excluding hydrogens is 414 g/mol. The van der Waals surface area contributed by atoms with Gasteiger partial charge in [0.15, 0.2) is 0 Å². The van der Waals surface area contributed by atoms with E-state index in [1.807, 2.05) is 12.3 Å². The summed E-state index contributed by atoms with van der Waals surface area (Å²) in [6, 6.07) is 19.4. The fourth-order valence-electron chi connectivity index (χ4n) is 2.53. The first-order valence-electron chi connectivity index (χ1n) is 9.52. The summed E-state index contributed by atoms with van der Waals surface area (Å²) >= 11 is 1.03. The van der Waals surface area contributed by atoms with Crippen molar-refractivity contribution in [2.45, 2.75) is 18.2 Å². The van der Waals surface area contributed by atoms with E-state index in [0.717, 1.165) is 23.1 Å².